The molecule has 4 atom stereocenters. The predicted octanol–water partition coefficient (Wildman–Crippen LogP) is -0.197. The molecule has 1 fully saturated rings. The topological polar surface area (TPSA) is 122 Å². The van der Waals surface area contributed by atoms with Crippen molar-refractivity contribution in [1.82, 2.24) is 0 Å². The van der Waals surface area contributed by atoms with E-state index >= 15 is 0 Å². The standard InChI is InChI=1S/C12H15NO7/c14-6-10-12(16)9(15)5-11(20-10)19-8-3-1-7(2-4-8)13(17)18/h1-4,9-12,14-16H,5-6H2. The zero-order valence-electron chi connectivity index (χ0n) is 10.5. The van der Waals surface area contributed by atoms with Gasteiger partial charge in [-0.2, -0.15) is 0 Å². The molecule has 2 rings (SSSR count). The summed E-state index contributed by atoms with van der Waals surface area (Å²) in [5, 5.41) is 38.7. The summed E-state index contributed by atoms with van der Waals surface area (Å²) in [4.78, 5) is 9.99. The van der Waals surface area contributed by atoms with Crippen LogP contribution in [0.15, 0.2) is 24.3 Å². The van der Waals surface area contributed by atoms with Gasteiger partial charge in [0.05, 0.1) is 17.6 Å². The molecule has 8 nitrogen and oxygen atoms in total. The van der Waals surface area contributed by atoms with Crippen LogP contribution in [0.4, 0.5) is 5.69 Å². The van der Waals surface area contributed by atoms with E-state index in [0.717, 1.165) is 0 Å². The molecule has 0 bridgehead atoms. The van der Waals surface area contributed by atoms with Gasteiger partial charge in [0.15, 0.2) is 0 Å². The molecule has 0 saturated carbocycles. The number of aliphatic hydroxyl groups excluding tert-OH is 3. The van der Waals surface area contributed by atoms with E-state index in [2.05, 4.69) is 0 Å². The highest BCUT2D eigenvalue weighted by molar-refractivity contribution is 5.36. The van der Waals surface area contributed by atoms with Crippen molar-refractivity contribution in [1.29, 1.82) is 0 Å². The van der Waals surface area contributed by atoms with Crippen LogP contribution < -0.4 is 4.74 Å². The summed E-state index contributed by atoms with van der Waals surface area (Å²) < 4.78 is 10.7. The lowest BCUT2D eigenvalue weighted by Crippen LogP contribution is -2.51. The van der Waals surface area contributed by atoms with Gasteiger partial charge in [-0.15, -0.1) is 0 Å². The minimum Gasteiger partial charge on any atom is -0.465 e. The number of nitro benzene ring substituents is 1. The van der Waals surface area contributed by atoms with E-state index in [1.807, 2.05) is 0 Å². The fourth-order valence-corrected chi connectivity index (χ4v) is 1.94. The number of non-ortho nitro benzene ring substituents is 1. The molecule has 1 aromatic rings. The molecule has 110 valence electrons. The molecule has 1 heterocycles. The molecule has 1 saturated heterocycles. The zero-order valence-corrected chi connectivity index (χ0v) is 10.5. The Morgan fingerprint density at radius 1 is 1.35 bits per heavy atom. The van der Waals surface area contributed by atoms with E-state index in [-0.39, 0.29) is 12.1 Å². The highest BCUT2D eigenvalue weighted by Gasteiger charge is 2.37. The average Bonchev–Trinajstić information content (AvgIpc) is 2.43. The van der Waals surface area contributed by atoms with E-state index < -0.39 is 36.1 Å². The first-order valence-corrected chi connectivity index (χ1v) is 6.05. The van der Waals surface area contributed by atoms with Gasteiger partial charge in [-0.1, -0.05) is 0 Å². The number of hydrogen-bond acceptors (Lipinski definition) is 7. The van der Waals surface area contributed by atoms with E-state index in [9.17, 15) is 20.3 Å². The second-order valence-corrected chi connectivity index (χ2v) is 4.45. The Balaban J connectivity index is 2.00. The Kier molecular flexibility index (Phi) is 4.50. The fourth-order valence-electron chi connectivity index (χ4n) is 1.94. The third-order valence-electron chi connectivity index (χ3n) is 3.03. The second-order valence-electron chi connectivity index (χ2n) is 4.45. The van der Waals surface area contributed by atoms with Crippen molar-refractivity contribution in [2.24, 2.45) is 0 Å². The summed E-state index contributed by atoms with van der Waals surface area (Å²) in [6, 6.07) is 5.39. The zero-order chi connectivity index (χ0) is 14.7. The maximum Gasteiger partial charge on any atom is 0.269 e. The molecule has 0 radical (unpaired) electrons. The Morgan fingerprint density at radius 3 is 2.55 bits per heavy atom. The number of ether oxygens (including phenoxy) is 2. The van der Waals surface area contributed by atoms with Crippen LogP contribution in [0.2, 0.25) is 0 Å². The molecule has 0 aromatic heterocycles. The van der Waals surface area contributed by atoms with Crippen LogP contribution in [0.1, 0.15) is 6.42 Å². The molecule has 0 aliphatic carbocycles. The van der Waals surface area contributed by atoms with Crippen molar-refractivity contribution in [2.75, 3.05) is 6.61 Å². The second kappa shape index (κ2) is 6.14. The lowest BCUT2D eigenvalue weighted by Gasteiger charge is -2.36. The van der Waals surface area contributed by atoms with Gasteiger partial charge in [0.25, 0.3) is 5.69 Å². The van der Waals surface area contributed by atoms with Gasteiger partial charge in [0.1, 0.15) is 18.0 Å². The van der Waals surface area contributed by atoms with Gasteiger partial charge < -0.3 is 24.8 Å². The van der Waals surface area contributed by atoms with Crippen molar-refractivity contribution in [2.45, 2.75) is 31.0 Å². The highest BCUT2D eigenvalue weighted by Crippen LogP contribution is 2.24. The number of rotatable bonds is 4. The Labute approximate surface area is 114 Å². The molecule has 20 heavy (non-hydrogen) atoms. The summed E-state index contributed by atoms with van der Waals surface area (Å²) in [6.07, 6.45) is -3.97. The van der Waals surface area contributed by atoms with Crippen molar-refractivity contribution in [3.63, 3.8) is 0 Å². The summed E-state index contributed by atoms with van der Waals surface area (Å²) in [5.74, 6) is 0.334. The van der Waals surface area contributed by atoms with Gasteiger partial charge >= 0.3 is 0 Å². The minimum atomic E-state index is -1.17. The van der Waals surface area contributed by atoms with E-state index in [0.29, 0.717) is 5.75 Å². The van der Waals surface area contributed by atoms with Crippen molar-refractivity contribution in [3.8, 4) is 5.75 Å². The highest BCUT2D eigenvalue weighted by atomic mass is 16.7. The number of aliphatic hydroxyl groups is 3. The van der Waals surface area contributed by atoms with Crippen molar-refractivity contribution < 1.29 is 29.7 Å². The summed E-state index contributed by atoms with van der Waals surface area (Å²) in [7, 11) is 0. The van der Waals surface area contributed by atoms with Gasteiger partial charge in [0, 0.05) is 18.6 Å². The fraction of sp³-hybridized carbons (Fsp3) is 0.500. The Bertz CT molecular complexity index is 463. The van der Waals surface area contributed by atoms with Crippen molar-refractivity contribution >= 4 is 5.69 Å². The number of benzene rings is 1. The van der Waals surface area contributed by atoms with Crippen LogP contribution in [-0.4, -0.2) is 51.5 Å². The van der Waals surface area contributed by atoms with Crippen LogP contribution in [0.5, 0.6) is 5.75 Å². The van der Waals surface area contributed by atoms with Crippen LogP contribution in [-0.2, 0) is 4.74 Å². The maximum absolute atomic E-state index is 10.5. The third kappa shape index (κ3) is 3.23. The molecule has 0 amide bonds. The molecule has 3 N–H and O–H groups in total. The van der Waals surface area contributed by atoms with Gasteiger partial charge in [-0.25, -0.2) is 0 Å². The lowest BCUT2D eigenvalue weighted by atomic mass is 10.0. The van der Waals surface area contributed by atoms with Crippen molar-refractivity contribution in [3.05, 3.63) is 34.4 Å². The Morgan fingerprint density at radius 2 is 2.00 bits per heavy atom. The SMILES string of the molecule is O=[N+]([O-])c1ccc(OC2CC(O)C(O)C(CO)O2)cc1. The number of nitro groups is 1. The minimum absolute atomic E-state index is 0.0364. The molecule has 1 aliphatic rings. The molecule has 1 aliphatic heterocycles. The molecule has 1 aromatic carbocycles. The summed E-state index contributed by atoms with van der Waals surface area (Å²) in [6.45, 7) is -0.446. The van der Waals surface area contributed by atoms with Gasteiger partial charge in [0.2, 0.25) is 6.29 Å². The molecule has 0 spiro atoms. The van der Waals surface area contributed by atoms with Crippen LogP contribution in [0, 0.1) is 10.1 Å². The Hall–Kier alpha value is -1.74. The quantitative estimate of drug-likeness (QED) is 0.517. The average molecular weight is 285 g/mol. The van der Waals surface area contributed by atoms with Crippen LogP contribution in [0.25, 0.3) is 0 Å². The van der Waals surface area contributed by atoms with Crippen LogP contribution >= 0.6 is 0 Å². The summed E-state index contributed by atoms with van der Waals surface area (Å²) in [5.41, 5.74) is -0.0643. The molecule has 8 heteroatoms. The first-order chi connectivity index (χ1) is 9.51. The summed E-state index contributed by atoms with van der Waals surface area (Å²) >= 11 is 0. The van der Waals surface area contributed by atoms with Gasteiger partial charge in [-0.3, -0.25) is 10.1 Å². The molecular formula is C12H15NO7. The number of hydrogen-bond donors (Lipinski definition) is 3. The van der Waals surface area contributed by atoms with E-state index in [1.54, 1.807) is 0 Å². The number of nitrogens with zero attached hydrogens (tertiary/aromatic N) is 1. The van der Waals surface area contributed by atoms with E-state index in [1.165, 1.54) is 24.3 Å². The normalized spacial score (nSPS) is 29.9. The van der Waals surface area contributed by atoms with Crippen LogP contribution in [0.3, 0.4) is 0 Å². The third-order valence-corrected chi connectivity index (χ3v) is 3.03. The predicted molar refractivity (Wildman–Crippen MR) is 66.1 cm³/mol. The molecule has 4 unspecified atom stereocenters. The monoisotopic (exact) mass is 285 g/mol. The molecular weight excluding hydrogens is 270 g/mol. The maximum atomic E-state index is 10.5. The lowest BCUT2D eigenvalue weighted by molar-refractivity contribution is -0.384. The first kappa shape index (κ1) is 14.7. The largest absolute Gasteiger partial charge is 0.465 e. The van der Waals surface area contributed by atoms with E-state index in [4.69, 9.17) is 14.6 Å². The first-order valence-electron chi connectivity index (χ1n) is 6.05. The van der Waals surface area contributed by atoms with Gasteiger partial charge in [-0.05, 0) is 12.1 Å². The smallest absolute Gasteiger partial charge is 0.269 e.